The van der Waals surface area contributed by atoms with Gasteiger partial charge in [-0.1, -0.05) is 23.7 Å². The summed E-state index contributed by atoms with van der Waals surface area (Å²) < 4.78 is 7.29. The predicted molar refractivity (Wildman–Crippen MR) is 115 cm³/mol. The van der Waals surface area contributed by atoms with Crippen molar-refractivity contribution in [3.05, 3.63) is 85.1 Å². The van der Waals surface area contributed by atoms with Crippen molar-refractivity contribution in [1.82, 2.24) is 15.2 Å². The minimum absolute atomic E-state index is 0.0249. The van der Waals surface area contributed by atoms with Crippen molar-refractivity contribution in [2.24, 2.45) is 12.1 Å². The van der Waals surface area contributed by atoms with Gasteiger partial charge in [-0.25, -0.2) is 10.2 Å². The van der Waals surface area contributed by atoms with Crippen LogP contribution in [0.1, 0.15) is 26.4 Å². The molecule has 31 heavy (non-hydrogen) atoms. The zero-order valence-electron chi connectivity index (χ0n) is 15.8. The average molecular weight is 507 g/mol. The molecule has 10 nitrogen and oxygen atoms in total. The molecule has 1 aromatic heterocycles. The molecule has 0 spiro atoms. The number of nitrogens with zero attached hydrogens (tertiary/aromatic N) is 4. The molecule has 2 aromatic carbocycles. The van der Waals surface area contributed by atoms with E-state index in [1.165, 1.54) is 29.1 Å². The number of nitro groups is 1. The van der Waals surface area contributed by atoms with Crippen LogP contribution in [-0.4, -0.2) is 32.8 Å². The summed E-state index contributed by atoms with van der Waals surface area (Å²) in [6.45, 7) is 0. The molecule has 0 aliphatic carbocycles. The summed E-state index contributed by atoms with van der Waals surface area (Å²) >= 11 is 8.97. The Bertz CT molecular complexity index is 1210. The molecule has 0 fully saturated rings. The average Bonchev–Trinajstić information content (AvgIpc) is 3.06. The molecule has 1 amide bonds. The number of benzene rings is 2. The number of carbonyl (C=O) groups excluding carboxylic acids is 2. The largest absolute Gasteiger partial charge is 0.422 e. The van der Waals surface area contributed by atoms with Gasteiger partial charge in [0.25, 0.3) is 11.6 Å². The van der Waals surface area contributed by atoms with Crippen molar-refractivity contribution in [2.75, 3.05) is 0 Å². The number of ether oxygens (including phenoxy) is 1. The van der Waals surface area contributed by atoms with Crippen LogP contribution in [0.4, 0.5) is 5.69 Å². The van der Waals surface area contributed by atoms with Crippen LogP contribution in [0.15, 0.2) is 58.2 Å². The number of aryl methyl sites for hydroxylation is 1. The molecule has 0 radical (unpaired) electrons. The Morgan fingerprint density at radius 3 is 2.77 bits per heavy atom. The number of carbonyl (C=O) groups is 2. The Labute approximate surface area is 188 Å². The van der Waals surface area contributed by atoms with Crippen LogP contribution in [0.3, 0.4) is 0 Å². The first-order valence-electron chi connectivity index (χ1n) is 8.53. The van der Waals surface area contributed by atoms with Gasteiger partial charge >= 0.3 is 5.97 Å². The Morgan fingerprint density at radius 1 is 1.32 bits per heavy atom. The molecule has 3 rings (SSSR count). The highest BCUT2D eigenvalue weighted by molar-refractivity contribution is 9.10. The van der Waals surface area contributed by atoms with E-state index in [1.807, 2.05) is 0 Å². The van der Waals surface area contributed by atoms with Gasteiger partial charge in [-0.3, -0.25) is 19.6 Å². The third-order valence-corrected chi connectivity index (χ3v) is 4.73. The first-order chi connectivity index (χ1) is 14.7. The molecule has 0 saturated carbocycles. The van der Waals surface area contributed by atoms with E-state index in [0.717, 1.165) is 6.07 Å². The third kappa shape index (κ3) is 5.53. The maximum Gasteiger partial charge on any atom is 0.365 e. The molecule has 12 heteroatoms. The molecule has 0 saturated heterocycles. The quantitative estimate of drug-likeness (QED) is 0.178. The van der Waals surface area contributed by atoms with Crippen LogP contribution >= 0.6 is 27.5 Å². The van der Waals surface area contributed by atoms with Gasteiger partial charge in [-0.15, -0.1) is 0 Å². The van der Waals surface area contributed by atoms with Crippen LogP contribution in [0.5, 0.6) is 5.75 Å². The Balaban J connectivity index is 1.66. The van der Waals surface area contributed by atoms with Gasteiger partial charge in [-0.05, 0) is 45.8 Å². The van der Waals surface area contributed by atoms with Gasteiger partial charge in [0.15, 0.2) is 5.69 Å². The summed E-state index contributed by atoms with van der Waals surface area (Å²) in [6, 6.07) is 10.1. The molecular formula is C19H13BrClN5O5. The number of nitro benzene ring substituents is 1. The van der Waals surface area contributed by atoms with Crippen molar-refractivity contribution >= 4 is 51.3 Å². The second kappa shape index (κ2) is 9.49. The summed E-state index contributed by atoms with van der Waals surface area (Å²) in [5.74, 6) is -1.04. The number of hydrogen-bond donors (Lipinski definition) is 1. The van der Waals surface area contributed by atoms with Crippen molar-refractivity contribution in [3.8, 4) is 5.75 Å². The topological polar surface area (TPSA) is 129 Å². The minimum atomic E-state index is -0.682. The third-order valence-electron chi connectivity index (χ3n) is 3.83. The lowest BCUT2D eigenvalue weighted by molar-refractivity contribution is -0.384. The fourth-order valence-electron chi connectivity index (χ4n) is 2.44. The molecule has 158 valence electrons. The van der Waals surface area contributed by atoms with Crippen LogP contribution in [0, 0.1) is 10.1 Å². The number of hydrogen-bond acceptors (Lipinski definition) is 7. The summed E-state index contributed by atoms with van der Waals surface area (Å²) in [4.78, 5) is 34.6. The van der Waals surface area contributed by atoms with Gasteiger partial charge in [0.1, 0.15) is 10.8 Å². The van der Waals surface area contributed by atoms with E-state index in [-0.39, 0.29) is 27.7 Å². The Kier molecular flexibility index (Phi) is 6.78. The standard InChI is InChI=1S/C19H13BrClN5O5/c1-25-10-14(20)17(24-25)19(28)31-13-4-2-3-11(7-13)9-22-23-18(27)12-5-6-15(21)16(8-12)26(29)30/h2-10H,1H3,(H,23,27)/b22-9+. The van der Waals surface area contributed by atoms with E-state index in [0.29, 0.717) is 10.0 Å². The van der Waals surface area contributed by atoms with Crippen molar-refractivity contribution in [1.29, 1.82) is 0 Å². The summed E-state index contributed by atoms with van der Waals surface area (Å²) in [5, 5.41) is 18.7. The summed E-state index contributed by atoms with van der Waals surface area (Å²) in [7, 11) is 1.68. The molecule has 0 unspecified atom stereocenters. The molecular weight excluding hydrogens is 494 g/mol. The molecule has 0 aliphatic rings. The van der Waals surface area contributed by atoms with Crippen molar-refractivity contribution in [2.45, 2.75) is 0 Å². The zero-order valence-corrected chi connectivity index (χ0v) is 18.1. The van der Waals surface area contributed by atoms with Crippen molar-refractivity contribution < 1.29 is 19.2 Å². The monoisotopic (exact) mass is 505 g/mol. The van der Waals surface area contributed by atoms with Crippen LogP contribution in [0.2, 0.25) is 5.02 Å². The van der Waals surface area contributed by atoms with Gasteiger partial charge in [-0.2, -0.15) is 10.2 Å². The lowest BCUT2D eigenvalue weighted by Gasteiger charge is -2.04. The molecule has 0 bridgehead atoms. The van der Waals surface area contributed by atoms with E-state index < -0.39 is 16.8 Å². The van der Waals surface area contributed by atoms with Crippen molar-refractivity contribution in [3.63, 3.8) is 0 Å². The lowest BCUT2D eigenvalue weighted by atomic mass is 10.2. The van der Waals surface area contributed by atoms with E-state index in [9.17, 15) is 19.7 Å². The highest BCUT2D eigenvalue weighted by atomic mass is 79.9. The number of aromatic nitrogens is 2. The smallest absolute Gasteiger partial charge is 0.365 e. The minimum Gasteiger partial charge on any atom is -0.422 e. The van der Waals surface area contributed by atoms with Gasteiger partial charge in [0, 0.05) is 24.9 Å². The normalized spacial score (nSPS) is 10.8. The summed E-state index contributed by atoms with van der Waals surface area (Å²) in [6.07, 6.45) is 2.95. The predicted octanol–water partition coefficient (Wildman–Crippen LogP) is 3.73. The number of rotatable bonds is 6. The van der Waals surface area contributed by atoms with E-state index in [4.69, 9.17) is 16.3 Å². The fraction of sp³-hybridized carbons (Fsp3) is 0.0526. The number of hydrazone groups is 1. The molecule has 3 aromatic rings. The number of nitrogens with one attached hydrogen (secondary N) is 1. The second-order valence-electron chi connectivity index (χ2n) is 6.08. The maximum atomic E-state index is 12.2. The molecule has 1 N–H and O–H groups in total. The SMILES string of the molecule is Cn1cc(Br)c(C(=O)Oc2cccc(/C=N/NC(=O)c3ccc(Cl)c([N+](=O)[O-])c3)c2)n1. The van der Waals surface area contributed by atoms with E-state index in [1.54, 1.807) is 31.4 Å². The Hall–Kier alpha value is -3.57. The fourth-order valence-corrected chi connectivity index (χ4v) is 3.16. The first kappa shape index (κ1) is 22.1. The molecule has 1 heterocycles. The number of amides is 1. The van der Waals surface area contributed by atoms with Crippen LogP contribution in [0.25, 0.3) is 0 Å². The van der Waals surface area contributed by atoms with Gasteiger partial charge in [0.05, 0.1) is 15.6 Å². The highest BCUT2D eigenvalue weighted by Crippen LogP contribution is 2.25. The van der Waals surface area contributed by atoms with E-state index >= 15 is 0 Å². The van der Waals surface area contributed by atoms with Gasteiger partial charge in [0.2, 0.25) is 0 Å². The first-order valence-corrected chi connectivity index (χ1v) is 9.70. The lowest BCUT2D eigenvalue weighted by Crippen LogP contribution is -2.17. The van der Waals surface area contributed by atoms with Gasteiger partial charge < -0.3 is 4.74 Å². The zero-order chi connectivity index (χ0) is 22.5. The maximum absolute atomic E-state index is 12.2. The highest BCUT2D eigenvalue weighted by Gasteiger charge is 2.17. The molecule has 0 aliphatic heterocycles. The number of halogens is 2. The number of esters is 1. The summed E-state index contributed by atoms with van der Waals surface area (Å²) in [5.41, 5.74) is 2.58. The van der Waals surface area contributed by atoms with E-state index in [2.05, 4.69) is 31.6 Å². The van der Waals surface area contributed by atoms with Crippen LogP contribution < -0.4 is 10.2 Å². The molecule has 0 atom stereocenters. The Morgan fingerprint density at radius 2 is 2.10 bits per heavy atom. The van der Waals surface area contributed by atoms with Crippen LogP contribution in [-0.2, 0) is 7.05 Å². The second-order valence-corrected chi connectivity index (χ2v) is 7.35.